The van der Waals surface area contributed by atoms with E-state index in [4.69, 9.17) is 0 Å². The van der Waals surface area contributed by atoms with Gasteiger partial charge in [0.25, 0.3) is 0 Å². The molecule has 0 aromatic heterocycles. The molecule has 0 amide bonds. The molecule has 0 atom stereocenters. The van der Waals surface area contributed by atoms with E-state index in [1.54, 1.807) is 0 Å². The third kappa shape index (κ3) is 2.17. The minimum atomic E-state index is 0. The fourth-order valence-corrected chi connectivity index (χ4v) is 1.88. The van der Waals surface area contributed by atoms with Crippen molar-refractivity contribution in [1.29, 1.82) is 0 Å². The van der Waals surface area contributed by atoms with E-state index >= 15 is 0 Å². The normalized spacial score (nSPS) is 10.1. The Kier molecular flexibility index (Phi) is 3.59. The molecule has 3 aromatic rings. The van der Waals surface area contributed by atoms with Gasteiger partial charge in [-0.15, -0.1) is 0 Å². The Balaban J connectivity index is 0.000000853. The van der Waals surface area contributed by atoms with Crippen LogP contribution >= 0.6 is 0 Å². The molecule has 15 heavy (non-hydrogen) atoms. The predicted molar refractivity (Wildman–Crippen MR) is 68.6 cm³/mol. The second-order valence-corrected chi connectivity index (χ2v) is 3.55. The topological polar surface area (TPSA) is 0 Å². The van der Waals surface area contributed by atoms with Gasteiger partial charge in [-0.2, -0.15) is 0 Å². The molecule has 0 fully saturated rings. The van der Waals surface area contributed by atoms with Crippen LogP contribution in [0.1, 0.15) is 0 Å². The Bertz CT molecular complexity index is 494. The Morgan fingerprint density at radius 2 is 0.733 bits per heavy atom. The van der Waals surface area contributed by atoms with Crippen LogP contribution in [0.25, 0.3) is 21.5 Å². The molecule has 0 spiro atoms. The first-order valence-corrected chi connectivity index (χ1v) is 4.81. The van der Waals surface area contributed by atoms with E-state index in [0.717, 1.165) is 0 Å². The Labute approximate surface area is 132 Å². The summed E-state index contributed by atoms with van der Waals surface area (Å²) in [5, 5.41) is 5.25. The third-order valence-corrected chi connectivity index (χ3v) is 2.61. The first-order valence-electron chi connectivity index (χ1n) is 4.81. The van der Waals surface area contributed by atoms with Crippen LogP contribution in [0.3, 0.4) is 0 Å². The Hall–Kier alpha value is -0.184. The van der Waals surface area contributed by atoms with Crippen LogP contribution in [0.5, 0.6) is 0 Å². The largest absolute Gasteiger partial charge is 0.0616 e. The van der Waals surface area contributed by atoms with Crippen LogP contribution < -0.4 is 0 Å². The van der Waals surface area contributed by atoms with E-state index in [1.165, 1.54) is 21.5 Å². The molecule has 3 rings (SSSR count). The van der Waals surface area contributed by atoms with E-state index in [2.05, 4.69) is 60.7 Å². The van der Waals surface area contributed by atoms with Crippen molar-refractivity contribution < 1.29 is 0 Å². The van der Waals surface area contributed by atoms with Crippen LogP contribution in [0.2, 0.25) is 0 Å². The molecule has 3 aromatic carbocycles. The third-order valence-electron chi connectivity index (χ3n) is 2.61. The summed E-state index contributed by atoms with van der Waals surface area (Å²) < 4.78 is 0. The predicted octanol–water partition coefficient (Wildman–Crippen LogP) is 3.34. The molecular formula is C14H11K. The van der Waals surface area contributed by atoms with Crippen molar-refractivity contribution in [2.24, 2.45) is 0 Å². The molecule has 0 aliphatic heterocycles. The van der Waals surface area contributed by atoms with E-state index in [1.807, 2.05) is 0 Å². The van der Waals surface area contributed by atoms with Crippen LogP contribution in [-0.2, 0) is 0 Å². The maximum absolute atomic E-state index is 2.24. The van der Waals surface area contributed by atoms with Crippen LogP contribution in [0.4, 0.5) is 0 Å². The van der Waals surface area contributed by atoms with Gasteiger partial charge in [-0.3, -0.25) is 0 Å². The maximum atomic E-state index is 2.24. The molecule has 0 nitrogen and oxygen atoms in total. The van der Waals surface area contributed by atoms with E-state index < -0.39 is 0 Å². The van der Waals surface area contributed by atoms with Crippen molar-refractivity contribution in [2.75, 3.05) is 0 Å². The number of benzene rings is 3. The summed E-state index contributed by atoms with van der Waals surface area (Å²) in [6.45, 7) is 0. The summed E-state index contributed by atoms with van der Waals surface area (Å²) >= 11 is 0. The van der Waals surface area contributed by atoms with E-state index in [-0.39, 0.29) is 51.4 Å². The summed E-state index contributed by atoms with van der Waals surface area (Å²) in [4.78, 5) is 0. The zero-order valence-corrected chi connectivity index (χ0v) is 7.77. The van der Waals surface area contributed by atoms with E-state index in [0.29, 0.717) is 0 Å². The quantitative estimate of drug-likeness (QED) is 0.401. The first-order chi connectivity index (χ1) is 6.93. The molecule has 0 unspecified atom stereocenters. The minimum Gasteiger partial charge on any atom is -0.0616 e. The smallest absolute Gasteiger partial charge is 0.0178 e. The maximum Gasteiger partial charge on any atom is -0.0178 e. The molecule has 0 saturated carbocycles. The van der Waals surface area contributed by atoms with Crippen molar-refractivity contribution in [3.63, 3.8) is 0 Å². The first kappa shape index (κ1) is 11.3. The summed E-state index contributed by atoms with van der Waals surface area (Å²) in [5.41, 5.74) is 0. The van der Waals surface area contributed by atoms with Gasteiger partial charge in [-0.05, 0) is 33.7 Å². The Morgan fingerprint density at radius 1 is 0.467 bits per heavy atom. The van der Waals surface area contributed by atoms with Gasteiger partial charge in [0.15, 0.2) is 0 Å². The summed E-state index contributed by atoms with van der Waals surface area (Å²) in [7, 11) is 0. The van der Waals surface area contributed by atoms with Crippen molar-refractivity contribution in [2.45, 2.75) is 0 Å². The zero-order valence-electron chi connectivity index (χ0n) is 7.77. The second-order valence-electron chi connectivity index (χ2n) is 3.55. The van der Waals surface area contributed by atoms with Crippen molar-refractivity contribution >= 4 is 72.9 Å². The molecule has 0 saturated heterocycles. The fraction of sp³-hybridized carbons (Fsp3) is 0. The second kappa shape index (κ2) is 4.77. The molecule has 1 heteroatoms. The van der Waals surface area contributed by atoms with Gasteiger partial charge in [-0.1, -0.05) is 48.5 Å². The van der Waals surface area contributed by atoms with E-state index in [9.17, 15) is 0 Å². The molecule has 0 aliphatic rings. The van der Waals surface area contributed by atoms with Crippen LogP contribution in [0.15, 0.2) is 60.7 Å². The monoisotopic (exact) mass is 218 g/mol. The summed E-state index contributed by atoms with van der Waals surface area (Å²) in [6, 6.07) is 21.4. The molecular weight excluding hydrogens is 207 g/mol. The van der Waals surface area contributed by atoms with Crippen molar-refractivity contribution in [1.82, 2.24) is 0 Å². The van der Waals surface area contributed by atoms with Gasteiger partial charge < -0.3 is 0 Å². The number of hydrogen-bond donors (Lipinski definition) is 0. The SMILES string of the molecule is [KH].c1ccc2cc3ccccc3cc2c1. The van der Waals surface area contributed by atoms with Gasteiger partial charge in [0, 0.05) is 0 Å². The standard InChI is InChI=1S/C14H10.K.H/c1-2-6-12-10-14-8-4-3-7-13(14)9-11(12)5-1;;/h1-10H;;. The number of fused-ring (bicyclic) bond motifs is 2. The zero-order chi connectivity index (χ0) is 9.38. The molecule has 68 valence electrons. The summed E-state index contributed by atoms with van der Waals surface area (Å²) in [6.07, 6.45) is 0. The van der Waals surface area contributed by atoms with Gasteiger partial charge in [0.1, 0.15) is 0 Å². The molecule has 0 N–H and O–H groups in total. The Morgan fingerprint density at radius 3 is 1.00 bits per heavy atom. The average molecular weight is 218 g/mol. The van der Waals surface area contributed by atoms with Crippen molar-refractivity contribution in [3.05, 3.63) is 60.7 Å². The molecule has 0 bridgehead atoms. The molecule has 0 heterocycles. The minimum absolute atomic E-state index is 0. The van der Waals surface area contributed by atoms with Crippen LogP contribution in [-0.4, -0.2) is 51.4 Å². The van der Waals surface area contributed by atoms with Gasteiger partial charge in [-0.25, -0.2) is 0 Å². The van der Waals surface area contributed by atoms with Gasteiger partial charge >= 0.3 is 51.4 Å². The number of rotatable bonds is 0. The van der Waals surface area contributed by atoms with Gasteiger partial charge in [0.05, 0.1) is 0 Å². The summed E-state index contributed by atoms with van der Waals surface area (Å²) in [5.74, 6) is 0. The van der Waals surface area contributed by atoms with Crippen LogP contribution in [0, 0.1) is 0 Å². The molecule has 0 radical (unpaired) electrons. The average Bonchev–Trinajstić information content (AvgIpc) is 2.26. The fourth-order valence-electron chi connectivity index (χ4n) is 1.88. The number of hydrogen-bond acceptors (Lipinski definition) is 0. The van der Waals surface area contributed by atoms with Crippen molar-refractivity contribution in [3.8, 4) is 0 Å². The van der Waals surface area contributed by atoms with Gasteiger partial charge in [0.2, 0.25) is 0 Å². The molecule has 0 aliphatic carbocycles.